The summed E-state index contributed by atoms with van der Waals surface area (Å²) < 4.78 is 0. The maximum absolute atomic E-state index is 4.42. The second-order valence-electron chi connectivity index (χ2n) is 3.80. The van der Waals surface area contributed by atoms with E-state index >= 15 is 0 Å². The van der Waals surface area contributed by atoms with Crippen LogP contribution in [-0.2, 0) is 0 Å². The van der Waals surface area contributed by atoms with Gasteiger partial charge in [-0.2, -0.15) is 0 Å². The van der Waals surface area contributed by atoms with E-state index in [2.05, 4.69) is 26.9 Å². The van der Waals surface area contributed by atoms with Crippen molar-refractivity contribution in [2.45, 2.75) is 24.9 Å². The van der Waals surface area contributed by atoms with Gasteiger partial charge >= 0.3 is 0 Å². The van der Waals surface area contributed by atoms with Crippen molar-refractivity contribution < 1.29 is 0 Å². The molecule has 4 nitrogen and oxygen atoms in total. The van der Waals surface area contributed by atoms with Crippen LogP contribution in [0.3, 0.4) is 0 Å². The highest BCUT2D eigenvalue weighted by Crippen LogP contribution is 2.20. The van der Waals surface area contributed by atoms with Crippen LogP contribution < -0.4 is 0 Å². The zero-order valence-electron chi connectivity index (χ0n) is 9.87. The van der Waals surface area contributed by atoms with Gasteiger partial charge in [-0.25, -0.2) is 19.9 Å². The Hall–Kier alpha value is -1.49. The SMILES string of the molecule is Cc1ccnc(C(C)CSc2ncccn2)n1. The molecule has 0 aliphatic carbocycles. The topological polar surface area (TPSA) is 51.6 Å². The van der Waals surface area contributed by atoms with Crippen LogP contribution >= 0.6 is 11.8 Å². The molecule has 0 amide bonds. The Kier molecular flexibility index (Phi) is 4.03. The van der Waals surface area contributed by atoms with E-state index in [1.54, 1.807) is 30.4 Å². The van der Waals surface area contributed by atoms with Crippen LogP contribution in [0, 0.1) is 6.92 Å². The lowest BCUT2D eigenvalue weighted by Gasteiger charge is -2.08. The molecule has 0 bridgehead atoms. The first-order valence-corrected chi connectivity index (χ1v) is 6.43. The molecule has 2 rings (SSSR count). The minimum Gasteiger partial charge on any atom is -0.241 e. The molecule has 0 saturated carbocycles. The molecule has 0 radical (unpaired) electrons. The van der Waals surface area contributed by atoms with Gasteiger partial charge in [0.05, 0.1) is 0 Å². The lowest BCUT2D eigenvalue weighted by molar-refractivity contribution is 0.774. The quantitative estimate of drug-likeness (QED) is 0.612. The summed E-state index contributed by atoms with van der Waals surface area (Å²) in [5.74, 6) is 2.06. The average Bonchev–Trinajstić information content (AvgIpc) is 2.37. The van der Waals surface area contributed by atoms with Gasteiger partial charge in [-0.1, -0.05) is 18.7 Å². The molecule has 17 heavy (non-hydrogen) atoms. The van der Waals surface area contributed by atoms with Gasteiger partial charge < -0.3 is 0 Å². The van der Waals surface area contributed by atoms with Crippen LogP contribution in [0.15, 0.2) is 35.9 Å². The molecule has 0 N–H and O–H groups in total. The summed E-state index contributed by atoms with van der Waals surface area (Å²) in [6.07, 6.45) is 5.31. The van der Waals surface area contributed by atoms with Crippen molar-refractivity contribution in [3.63, 3.8) is 0 Å². The number of thioether (sulfide) groups is 1. The third kappa shape index (κ3) is 3.49. The average molecular weight is 246 g/mol. The van der Waals surface area contributed by atoms with Gasteiger partial charge in [0, 0.05) is 36.0 Å². The molecule has 0 aliphatic heterocycles. The van der Waals surface area contributed by atoms with E-state index in [4.69, 9.17) is 0 Å². The highest BCUT2D eigenvalue weighted by atomic mass is 32.2. The monoisotopic (exact) mass is 246 g/mol. The van der Waals surface area contributed by atoms with Crippen molar-refractivity contribution in [3.05, 3.63) is 42.2 Å². The maximum atomic E-state index is 4.42. The van der Waals surface area contributed by atoms with E-state index in [1.807, 2.05) is 19.1 Å². The molecule has 2 heterocycles. The number of hydrogen-bond acceptors (Lipinski definition) is 5. The molecule has 5 heteroatoms. The minimum absolute atomic E-state index is 0.295. The molecule has 2 aromatic rings. The molecular formula is C12H14N4S. The molecule has 0 aromatic carbocycles. The number of aromatic nitrogens is 4. The Bertz CT molecular complexity index is 475. The van der Waals surface area contributed by atoms with Crippen LogP contribution in [0.2, 0.25) is 0 Å². The van der Waals surface area contributed by atoms with Crippen molar-refractivity contribution in [3.8, 4) is 0 Å². The summed E-state index contributed by atoms with van der Waals surface area (Å²) in [5.41, 5.74) is 1.00. The summed E-state index contributed by atoms with van der Waals surface area (Å²) in [7, 11) is 0. The van der Waals surface area contributed by atoms with Crippen molar-refractivity contribution in [1.82, 2.24) is 19.9 Å². The molecule has 0 spiro atoms. The second-order valence-corrected chi connectivity index (χ2v) is 4.79. The maximum Gasteiger partial charge on any atom is 0.187 e. The predicted octanol–water partition coefficient (Wildman–Crippen LogP) is 2.47. The fraction of sp³-hybridized carbons (Fsp3) is 0.333. The summed E-state index contributed by atoms with van der Waals surface area (Å²) in [6.45, 7) is 4.09. The number of nitrogens with zero attached hydrogens (tertiary/aromatic N) is 4. The van der Waals surface area contributed by atoms with Gasteiger partial charge in [-0.3, -0.25) is 0 Å². The van der Waals surface area contributed by atoms with Gasteiger partial charge in [-0.15, -0.1) is 0 Å². The Balaban J connectivity index is 1.96. The van der Waals surface area contributed by atoms with E-state index in [0.717, 1.165) is 22.4 Å². The first kappa shape index (κ1) is 12.0. The minimum atomic E-state index is 0.295. The Labute approximate surface area is 105 Å². The van der Waals surface area contributed by atoms with Crippen LogP contribution in [0.4, 0.5) is 0 Å². The summed E-state index contributed by atoms with van der Waals surface area (Å²) in [6, 6.07) is 3.72. The highest BCUT2D eigenvalue weighted by molar-refractivity contribution is 7.99. The van der Waals surface area contributed by atoms with Crippen LogP contribution in [0.5, 0.6) is 0 Å². The molecule has 0 fully saturated rings. The number of hydrogen-bond donors (Lipinski definition) is 0. The lowest BCUT2D eigenvalue weighted by Crippen LogP contribution is -2.04. The van der Waals surface area contributed by atoms with Crippen LogP contribution in [0.25, 0.3) is 0 Å². The van der Waals surface area contributed by atoms with Crippen LogP contribution in [-0.4, -0.2) is 25.7 Å². The first-order valence-electron chi connectivity index (χ1n) is 5.45. The molecule has 1 atom stereocenters. The molecule has 0 aliphatic rings. The third-order valence-electron chi connectivity index (χ3n) is 2.26. The molecule has 88 valence electrons. The smallest absolute Gasteiger partial charge is 0.187 e. The van der Waals surface area contributed by atoms with Crippen LogP contribution in [0.1, 0.15) is 24.4 Å². The van der Waals surface area contributed by atoms with Crippen molar-refractivity contribution in [2.75, 3.05) is 5.75 Å². The summed E-state index contributed by atoms with van der Waals surface area (Å²) in [4.78, 5) is 17.1. The fourth-order valence-corrected chi connectivity index (χ4v) is 2.16. The number of rotatable bonds is 4. The second kappa shape index (κ2) is 5.72. The summed E-state index contributed by atoms with van der Waals surface area (Å²) >= 11 is 1.63. The normalized spacial score (nSPS) is 12.4. The highest BCUT2D eigenvalue weighted by Gasteiger charge is 2.10. The fourth-order valence-electron chi connectivity index (χ4n) is 1.34. The van der Waals surface area contributed by atoms with E-state index in [9.17, 15) is 0 Å². The zero-order chi connectivity index (χ0) is 12.1. The standard InChI is InChI=1S/C12H14N4S/c1-9(11-13-7-4-10(2)16-11)8-17-12-14-5-3-6-15-12/h3-7,9H,8H2,1-2H3. The molecule has 1 unspecified atom stereocenters. The predicted molar refractivity (Wildman–Crippen MR) is 67.9 cm³/mol. The van der Waals surface area contributed by atoms with Gasteiger partial charge in [0.15, 0.2) is 5.16 Å². The van der Waals surface area contributed by atoms with E-state index in [1.165, 1.54) is 0 Å². The first-order chi connectivity index (χ1) is 8.25. The van der Waals surface area contributed by atoms with Crippen molar-refractivity contribution >= 4 is 11.8 Å². The lowest BCUT2D eigenvalue weighted by atomic mass is 10.2. The third-order valence-corrected chi connectivity index (χ3v) is 3.39. The van der Waals surface area contributed by atoms with Gasteiger partial charge in [0.1, 0.15) is 5.82 Å². The van der Waals surface area contributed by atoms with Gasteiger partial charge in [-0.05, 0) is 19.1 Å². The number of aryl methyl sites for hydroxylation is 1. The van der Waals surface area contributed by atoms with E-state index in [-0.39, 0.29) is 0 Å². The van der Waals surface area contributed by atoms with E-state index < -0.39 is 0 Å². The largest absolute Gasteiger partial charge is 0.241 e. The molecular weight excluding hydrogens is 232 g/mol. The van der Waals surface area contributed by atoms with Crippen molar-refractivity contribution in [2.24, 2.45) is 0 Å². The van der Waals surface area contributed by atoms with E-state index in [0.29, 0.717) is 5.92 Å². The molecule has 2 aromatic heterocycles. The Morgan fingerprint density at radius 3 is 2.65 bits per heavy atom. The Morgan fingerprint density at radius 1 is 1.18 bits per heavy atom. The van der Waals surface area contributed by atoms with Crippen molar-refractivity contribution in [1.29, 1.82) is 0 Å². The molecule has 0 saturated heterocycles. The summed E-state index contributed by atoms with van der Waals surface area (Å²) in [5, 5.41) is 0.798. The van der Waals surface area contributed by atoms with Gasteiger partial charge in [0.2, 0.25) is 0 Å². The zero-order valence-corrected chi connectivity index (χ0v) is 10.7. The van der Waals surface area contributed by atoms with Gasteiger partial charge in [0.25, 0.3) is 0 Å². The Morgan fingerprint density at radius 2 is 1.94 bits per heavy atom.